The average Bonchev–Trinajstić information content (AvgIpc) is 2.70. The van der Waals surface area contributed by atoms with Gasteiger partial charge in [-0.2, -0.15) is 0 Å². The van der Waals surface area contributed by atoms with E-state index in [4.69, 9.17) is 0 Å². The van der Waals surface area contributed by atoms with Crippen LogP contribution in [0, 0.1) is 0 Å². The first-order chi connectivity index (χ1) is 12.4. The molecule has 2 atom stereocenters. The second-order valence-electron chi connectivity index (χ2n) is 7.01. The second kappa shape index (κ2) is 7.67. The summed E-state index contributed by atoms with van der Waals surface area (Å²) in [4.78, 5) is 2.66. The molecule has 1 heteroatoms. The Kier molecular flexibility index (Phi) is 4.94. The van der Waals surface area contributed by atoms with E-state index in [1.807, 2.05) is 0 Å². The lowest BCUT2D eigenvalue weighted by Crippen LogP contribution is -2.35. The molecule has 0 spiro atoms. The van der Waals surface area contributed by atoms with Crippen LogP contribution >= 0.6 is 0 Å². The van der Waals surface area contributed by atoms with Gasteiger partial charge in [-0.3, -0.25) is 4.90 Å². The maximum atomic E-state index is 2.66. The smallest absolute Gasteiger partial charge is 0.0357 e. The topological polar surface area (TPSA) is 3.24 Å². The zero-order valence-corrected chi connectivity index (χ0v) is 14.6. The Morgan fingerprint density at radius 2 is 1.24 bits per heavy atom. The molecule has 4 rings (SSSR count). The van der Waals surface area contributed by atoms with Crippen molar-refractivity contribution in [3.63, 3.8) is 0 Å². The predicted molar refractivity (Wildman–Crippen MR) is 104 cm³/mol. The van der Waals surface area contributed by atoms with E-state index in [9.17, 15) is 0 Å². The first-order valence-corrected chi connectivity index (χ1v) is 9.28. The third-order valence-corrected chi connectivity index (χ3v) is 5.40. The highest BCUT2D eigenvalue weighted by Crippen LogP contribution is 2.39. The van der Waals surface area contributed by atoms with Crippen LogP contribution in [0.2, 0.25) is 0 Å². The molecule has 0 amide bonds. The van der Waals surface area contributed by atoms with Crippen LogP contribution in [0.3, 0.4) is 0 Å². The number of hydrogen-bond acceptors (Lipinski definition) is 1. The molecule has 3 aromatic rings. The molecule has 0 aliphatic carbocycles. The summed E-state index contributed by atoms with van der Waals surface area (Å²) in [6.07, 6.45) is 2.43. The molecular weight excluding hydrogens is 302 g/mol. The highest BCUT2D eigenvalue weighted by Gasteiger charge is 2.30. The maximum Gasteiger partial charge on any atom is 0.0357 e. The molecule has 1 aliphatic heterocycles. The lowest BCUT2D eigenvalue weighted by molar-refractivity contribution is 0.127. The van der Waals surface area contributed by atoms with Crippen LogP contribution in [-0.2, 0) is 6.54 Å². The molecule has 3 aromatic carbocycles. The normalized spacial score (nSPS) is 21.1. The standard InChI is InChI=1S/C24H25N/c1-4-10-20(11-5-1)19-25-17-16-23(21-12-6-2-7-13-21)18-24(25)22-14-8-3-9-15-22/h1-15,23-24H,16-19H2. The Morgan fingerprint density at radius 3 is 1.88 bits per heavy atom. The first kappa shape index (κ1) is 16.1. The summed E-state index contributed by atoms with van der Waals surface area (Å²) in [5.41, 5.74) is 4.34. The van der Waals surface area contributed by atoms with Crippen molar-refractivity contribution >= 4 is 0 Å². The largest absolute Gasteiger partial charge is 0.292 e. The van der Waals surface area contributed by atoms with Crippen LogP contribution < -0.4 is 0 Å². The van der Waals surface area contributed by atoms with Crippen molar-refractivity contribution in [2.45, 2.75) is 31.3 Å². The summed E-state index contributed by atoms with van der Waals surface area (Å²) in [7, 11) is 0. The van der Waals surface area contributed by atoms with Crippen LogP contribution in [0.25, 0.3) is 0 Å². The van der Waals surface area contributed by atoms with Crippen LogP contribution in [-0.4, -0.2) is 11.4 Å². The zero-order valence-electron chi connectivity index (χ0n) is 14.6. The summed E-state index contributed by atoms with van der Waals surface area (Å²) in [5.74, 6) is 0.651. The third kappa shape index (κ3) is 3.83. The number of nitrogens with zero attached hydrogens (tertiary/aromatic N) is 1. The number of benzene rings is 3. The first-order valence-electron chi connectivity index (χ1n) is 9.28. The SMILES string of the molecule is c1ccc(CN2CCC(c3ccccc3)CC2c2ccccc2)cc1. The van der Waals surface area contributed by atoms with Gasteiger partial charge in [0.25, 0.3) is 0 Å². The predicted octanol–water partition coefficient (Wildman–Crippen LogP) is 5.81. The van der Waals surface area contributed by atoms with Crippen molar-refractivity contribution in [1.29, 1.82) is 0 Å². The third-order valence-electron chi connectivity index (χ3n) is 5.40. The van der Waals surface area contributed by atoms with Gasteiger partial charge in [0.1, 0.15) is 0 Å². The van der Waals surface area contributed by atoms with E-state index >= 15 is 0 Å². The molecule has 2 unspecified atom stereocenters. The summed E-state index contributed by atoms with van der Waals surface area (Å²) in [6.45, 7) is 2.18. The van der Waals surface area contributed by atoms with Gasteiger partial charge < -0.3 is 0 Å². The summed E-state index contributed by atoms with van der Waals surface area (Å²) in [5, 5.41) is 0. The molecule has 0 saturated carbocycles. The van der Waals surface area contributed by atoms with Crippen molar-refractivity contribution in [3.8, 4) is 0 Å². The minimum absolute atomic E-state index is 0.486. The van der Waals surface area contributed by atoms with E-state index in [2.05, 4.69) is 95.9 Å². The van der Waals surface area contributed by atoms with Gasteiger partial charge in [-0.15, -0.1) is 0 Å². The van der Waals surface area contributed by atoms with E-state index in [1.165, 1.54) is 29.5 Å². The van der Waals surface area contributed by atoms with E-state index in [0.29, 0.717) is 12.0 Å². The van der Waals surface area contributed by atoms with Gasteiger partial charge in [0.2, 0.25) is 0 Å². The molecule has 126 valence electrons. The molecule has 1 nitrogen and oxygen atoms in total. The Labute approximate surface area is 150 Å². The van der Waals surface area contributed by atoms with Crippen molar-refractivity contribution in [2.24, 2.45) is 0 Å². The molecule has 1 saturated heterocycles. The fraction of sp³-hybridized carbons (Fsp3) is 0.250. The molecular formula is C24H25N. The maximum absolute atomic E-state index is 2.66. The Hall–Kier alpha value is -2.38. The minimum atomic E-state index is 0.486. The number of likely N-dealkylation sites (tertiary alicyclic amines) is 1. The molecule has 1 heterocycles. The van der Waals surface area contributed by atoms with Gasteiger partial charge in [-0.1, -0.05) is 91.0 Å². The van der Waals surface area contributed by atoms with Gasteiger partial charge in [-0.05, 0) is 42.0 Å². The summed E-state index contributed by atoms with van der Waals surface area (Å²) < 4.78 is 0. The number of rotatable bonds is 4. The molecule has 25 heavy (non-hydrogen) atoms. The van der Waals surface area contributed by atoms with E-state index in [0.717, 1.165) is 13.1 Å². The molecule has 0 N–H and O–H groups in total. The molecule has 1 aliphatic rings. The van der Waals surface area contributed by atoms with Crippen LogP contribution in [0.5, 0.6) is 0 Å². The fourth-order valence-electron chi connectivity index (χ4n) is 4.07. The molecule has 1 fully saturated rings. The van der Waals surface area contributed by atoms with Gasteiger partial charge in [0, 0.05) is 12.6 Å². The molecule has 0 bridgehead atoms. The minimum Gasteiger partial charge on any atom is -0.292 e. The van der Waals surface area contributed by atoms with Crippen LogP contribution in [0.15, 0.2) is 91.0 Å². The van der Waals surface area contributed by atoms with Crippen LogP contribution in [0.4, 0.5) is 0 Å². The number of hydrogen-bond donors (Lipinski definition) is 0. The molecule has 0 aromatic heterocycles. The van der Waals surface area contributed by atoms with Crippen LogP contribution in [0.1, 0.15) is 41.5 Å². The zero-order chi connectivity index (χ0) is 16.9. The monoisotopic (exact) mass is 327 g/mol. The quantitative estimate of drug-likeness (QED) is 0.584. The van der Waals surface area contributed by atoms with E-state index < -0.39 is 0 Å². The summed E-state index contributed by atoms with van der Waals surface area (Å²) in [6, 6.07) is 33.4. The van der Waals surface area contributed by atoms with Crippen molar-refractivity contribution < 1.29 is 0 Å². The number of piperidine rings is 1. The van der Waals surface area contributed by atoms with E-state index in [-0.39, 0.29) is 0 Å². The second-order valence-corrected chi connectivity index (χ2v) is 7.01. The van der Waals surface area contributed by atoms with Gasteiger partial charge in [0.05, 0.1) is 0 Å². The highest BCUT2D eigenvalue weighted by molar-refractivity contribution is 5.25. The summed E-state index contributed by atoms with van der Waals surface area (Å²) >= 11 is 0. The van der Waals surface area contributed by atoms with Gasteiger partial charge in [0.15, 0.2) is 0 Å². The Morgan fingerprint density at radius 1 is 0.680 bits per heavy atom. The van der Waals surface area contributed by atoms with Gasteiger partial charge >= 0.3 is 0 Å². The fourth-order valence-corrected chi connectivity index (χ4v) is 4.07. The Bertz CT molecular complexity index is 767. The highest BCUT2D eigenvalue weighted by atomic mass is 15.2. The lowest BCUT2D eigenvalue weighted by Gasteiger charge is -2.40. The van der Waals surface area contributed by atoms with Crippen molar-refractivity contribution in [3.05, 3.63) is 108 Å². The lowest BCUT2D eigenvalue weighted by atomic mass is 9.82. The molecule has 0 radical (unpaired) electrons. The van der Waals surface area contributed by atoms with Crippen molar-refractivity contribution in [2.75, 3.05) is 6.54 Å². The van der Waals surface area contributed by atoms with E-state index in [1.54, 1.807) is 0 Å². The average molecular weight is 327 g/mol. The van der Waals surface area contributed by atoms with Crippen molar-refractivity contribution in [1.82, 2.24) is 4.90 Å². The van der Waals surface area contributed by atoms with Gasteiger partial charge in [-0.25, -0.2) is 0 Å². The Balaban J connectivity index is 1.59.